The quantitative estimate of drug-likeness (QED) is 0.219. The van der Waals surface area contributed by atoms with Crippen molar-refractivity contribution >= 4 is 51.1 Å². The Morgan fingerprint density at radius 1 is 0.970 bits per heavy atom. The van der Waals surface area contributed by atoms with E-state index in [1.807, 2.05) is 0 Å². The van der Waals surface area contributed by atoms with Crippen LogP contribution in [-0.2, 0) is 0 Å². The zero-order valence-corrected chi connectivity index (χ0v) is 20.3. The Kier molecular flexibility index (Phi) is 6.73. The molecule has 0 saturated heterocycles. The van der Waals surface area contributed by atoms with Crippen LogP contribution < -0.4 is 10.3 Å². The number of aromatic hydroxyl groups is 1. The summed E-state index contributed by atoms with van der Waals surface area (Å²) in [5.41, 5.74) is 0.435. The van der Waals surface area contributed by atoms with E-state index in [2.05, 4.69) is 26.2 Å². The minimum atomic E-state index is -0.633. The molecule has 4 aromatic rings. The fraction of sp³-hybridized carbons (Fsp3) is 0.0435. The van der Waals surface area contributed by atoms with Crippen LogP contribution in [0.4, 0.5) is 11.4 Å². The van der Waals surface area contributed by atoms with Crippen LogP contribution in [0.2, 0.25) is 5.02 Å². The largest absolute Gasteiger partial charge is 0.497 e. The normalized spacial score (nSPS) is 11.1. The predicted octanol–water partition coefficient (Wildman–Crippen LogP) is 6.90. The summed E-state index contributed by atoms with van der Waals surface area (Å²) in [5, 5.41) is 19.6. The van der Waals surface area contributed by atoms with E-state index in [1.165, 1.54) is 9.13 Å². The molecule has 0 radical (unpaired) electrons. The summed E-state index contributed by atoms with van der Waals surface area (Å²) in [6, 6.07) is 20.6. The Morgan fingerprint density at radius 2 is 1.64 bits per heavy atom. The Bertz CT molecular complexity index is 1470. The Hall–Kier alpha value is -3.27. The van der Waals surface area contributed by atoms with E-state index in [4.69, 9.17) is 28.6 Å². The van der Waals surface area contributed by atoms with Gasteiger partial charge in [-0.25, -0.2) is 0 Å². The van der Waals surface area contributed by atoms with Crippen molar-refractivity contribution < 1.29 is 9.84 Å². The number of rotatable bonds is 5. The van der Waals surface area contributed by atoms with E-state index in [9.17, 15) is 9.90 Å². The Balaban J connectivity index is 2.00. The van der Waals surface area contributed by atoms with Gasteiger partial charge in [0.15, 0.2) is 4.77 Å². The van der Waals surface area contributed by atoms with E-state index < -0.39 is 11.4 Å². The molecule has 4 rings (SSSR count). The summed E-state index contributed by atoms with van der Waals surface area (Å²) >= 11 is 15.3. The van der Waals surface area contributed by atoms with Gasteiger partial charge in [0.05, 0.1) is 29.2 Å². The monoisotopic (exact) mass is 542 g/mol. The number of hydrogen-bond acceptors (Lipinski definition) is 6. The first-order valence-corrected chi connectivity index (χ1v) is 11.2. The van der Waals surface area contributed by atoms with Crippen molar-refractivity contribution in [2.24, 2.45) is 10.2 Å². The van der Waals surface area contributed by atoms with Crippen LogP contribution >= 0.6 is 39.7 Å². The topological polar surface area (TPSA) is 81.1 Å². The molecule has 1 N–H and O–H groups in total. The van der Waals surface area contributed by atoms with Gasteiger partial charge in [-0.05, 0) is 72.9 Å². The van der Waals surface area contributed by atoms with Crippen LogP contribution in [0.25, 0.3) is 11.4 Å². The van der Waals surface area contributed by atoms with E-state index in [1.54, 1.807) is 79.9 Å². The highest BCUT2D eigenvalue weighted by atomic mass is 79.9. The second kappa shape index (κ2) is 9.70. The van der Waals surface area contributed by atoms with Crippen LogP contribution in [0.3, 0.4) is 0 Å². The average Bonchev–Trinajstić information content (AvgIpc) is 2.82. The molecule has 0 amide bonds. The molecule has 0 atom stereocenters. The van der Waals surface area contributed by atoms with Gasteiger partial charge in [0.1, 0.15) is 5.75 Å². The zero-order valence-electron chi connectivity index (χ0n) is 17.1. The highest BCUT2D eigenvalue weighted by Gasteiger charge is 2.20. The smallest absolute Gasteiger partial charge is 0.290 e. The molecule has 0 saturated carbocycles. The summed E-state index contributed by atoms with van der Waals surface area (Å²) in [6.45, 7) is 0. The van der Waals surface area contributed by atoms with Gasteiger partial charge in [0.25, 0.3) is 5.56 Å². The first-order valence-electron chi connectivity index (χ1n) is 9.58. The van der Waals surface area contributed by atoms with E-state index in [0.29, 0.717) is 27.8 Å². The maximum Gasteiger partial charge on any atom is 0.290 e. The number of benzene rings is 3. The van der Waals surface area contributed by atoms with Crippen LogP contribution in [0.15, 0.2) is 92.3 Å². The van der Waals surface area contributed by atoms with Gasteiger partial charge < -0.3 is 9.84 Å². The lowest BCUT2D eigenvalue weighted by Gasteiger charge is -2.17. The standard InChI is InChI=1S/C23H16BrClN4O3S/c1-32-17-12-10-16(11-13-17)28-21(30)20(27-26-15-8-6-14(24)7-9-15)22(31)29(23(28)33)19-5-3-2-4-18(19)25/h2-13,31H,1H3. The minimum absolute atomic E-state index is 0.0124. The van der Waals surface area contributed by atoms with Gasteiger partial charge in [-0.15, -0.1) is 5.11 Å². The van der Waals surface area contributed by atoms with Gasteiger partial charge >= 0.3 is 0 Å². The van der Waals surface area contributed by atoms with E-state index >= 15 is 0 Å². The molecule has 0 unspecified atom stereocenters. The molecule has 0 bridgehead atoms. The van der Waals surface area contributed by atoms with Crippen LogP contribution in [0.5, 0.6) is 11.6 Å². The lowest BCUT2D eigenvalue weighted by Crippen LogP contribution is -2.23. The first-order chi connectivity index (χ1) is 15.9. The number of nitrogens with zero attached hydrogens (tertiary/aromatic N) is 4. The average molecular weight is 544 g/mol. The third-order valence-corrected chi connectivity index (χ3v) is 5.94. The number of hydrogen-bond donors (Lipinski definition) is 1. The predicted molar refractivity (Wildman–Crippen MR) is 134 cm³/mol. The number of azo groups is 1. The number of para-hydroxylation sites is 1. The molecule has 0 spiro atoms. The summed E-state index contributed by atoms with van der Waals surface area (Å²) in [4.78, 5) is 13.4. The second-order valence-electron chi connectivity index (χ2n) is 6.76. The highest BCUT2D eigenvalue weighted by Crippen LogP contribution is 2.32. The Morgan fingerprint density at radius 3 is 2.27 bits per heavy atom. The van der Waals surface area contributed by atoms with Crippen molar-refractivity contribution in [3.8, 4) is 23.0 Å². The SMILES string of the molecule is COc1ccc(-n2c(=O)c(N=Nc3ccc(Br)cc3)c(O)n(-c3ccccc3Cl)c2=S)cc1. The van der Waals surface area contributed by atoms with Crippen LogP contribution in [0, 0.1) is 4.77 Å². The molecular formula is C23H16BrClN4O3S. The summed E-state index contributed by atoms with van der Waals surface area (Å²) in [7, 11) is 1.55. The van der Waals surface area contributed by atoms with Gasteiger partial charge in [0.2, 0.25) is 11.6 Å². The molecule has 0 aliphatic carbocycles. The van der Waals surface area contributed by atoms with Crippen molar-refractivity contribution in [1.82, 2.24) is 9.13 Å². The van der Waals surface area contributed by atoms with Gasteiger partial charge in [0, 0.05) is 4.47 Å². The van der Waals surface area contributed by atoms with Crippen molar-refractivity contribution in [2.75, 3.05) is 7.11 Å². The van der Waals surface area contributed by atoms with E-state index in [0.717, 1.165) is 4.47 Å². The van der Waals surface area contributed by atoms with Gasteiger partial charge in [-0.1, -0.05) is 39.7 Å². The maximum absolute atomic E-state index is 13.4. The van der Waals surface area contributed by atoms with Crippen LogP contribution in [0.1, 0.15) is 0 Å². The molecule has 1 heterocycles. The molecule has 0 aliphatic heterocycles. The lowest BCUT2D eigenvalue weighted by molar-refractivity contribution is 0.414. The Labute approximate surface area is 207 Å². The fourth-order valence-electron chi connectivity index (χ4n) is 3.10. The third kappa shape index (κ3) is 4.61. The highest BCUT2D eigenvalue weighted by molar-refractivity contribution is 9.10. The molecule has 0 fully saturated rings. The maximum atomic E-state index is 13.4. The molecule has 166 valence electrons. The number of ether oxygens (including phenoxy) is 1. The lowest BCUT2D eigenvalue weighted by atomic mass is 10.3. The van der Waals surface area contributed by atoms with Crippen molar-refractivity contribution in [3.63, 3.8) is 0 Å². The third-order valence-electron chi connectivity index (χ3n) is 4.73. The molecule has 7 nitrogen and oxygen atoms in total. The van der Waals surface area contributed by atoms with Gasteiger partial charge in [-0.3, -0.25) is 13.9 Å². The van der Waals surface area contributed by atoms with E-state index in [-0.39, 0.29) is 10.5 Å². The van der Waals surface area contributed by atoms with Gasteiger partial charge in [-0.2, -0.15) is 5.11 Å². The number of methoxy groups -OCH3 is 1. The minimum Gasteiger partial charge on any atom is -0.497 e. The summed E-state index contributed by atoms with van der Waals surface area (Å²) in [5.74, 6) is 0.148. The molecule has 1 aromatic heterocycles. The molecular weight excluding hydrogens is 528 g/mol. The molecule has 3 aromatic carbocycles. The van der Waals surface area contributed by atoms with Crippen molar-refractivity contribution in [1.29, 1.82) is 0 Å². The molecule has 0 aliphatic rings. The first kappa shape index (κ1) is 22.9. The second-order valence-corrected chi connectivity index (χ2v) is 8.44. The zero-order chi connectivity index (χ0) is 23.5. The fourth-order valence-corrected chi connectivity index (χ4v) is 3.95. The molecule has 33 heavy (non-hydrogen) atoms. The summed E-state index contributed by atoms with van der Waals surface area (Å²) < 4.78 is 8.63. The number of aromatic nitrogens is 2. The van der Waals surface area contributed by atoms with Crippen molar-refractivity contribution in [2.45, 2.75) is 0 Å². The number of halogens is 2. The molecule has 10 heteroatoms. The van der Waals surface area contributed by atoms with Crippen LogP contribution in [-0.4, -0.2) is 21.4 Å². The summed E-state index contributed by atoms with van der Waals surface area (Å²) in [6.07, 6.45) is 0. The van der Waals surface area contributed by atoms with Crippen molar-refractivity contribution in [3.05, 3.63) is 97.4 Å².